The van der Waals surface area contributed by atoms with Gasteiger partial charge in [-0.15, -0.1) is 0 Å². The van der Waals surface area contributed by atoms with E-state index < -0.39 is 0 Å². The Morgan fingerprint density at radius 1 is 1.07 bits per heavy atom. The fraction of sp³-hybridized carbons (Fsp3) is 0. The fourth-order valence-electron chi connectivity index (χ4n) is 1.27. The number of benzene rings is 2. The number of rotatable bonds is 1. The molecule has 14 heavy (non-hydrogen) atoms. The third-order valence-corrected chi connectivity index (χ3v) is 2.50. The Labute approximate surface area is 90.5 Å². The molecular formula is C12H7BrF. The van der Waals surface area contributed by atoms with Crippen molar-refractivity contribution in [2.24, 2.45) is 0 Å². The monoisotopic (exact) mass is 249 g/mol. The van der Waals surface area contributed by atoms with Gasteiger partial charge in [-0.3, -0.25) is 0 Å². The highest BCUT2D eigenvalue weighted by Crippen LogP contribution is 2.23. The Hall–Kier alpha value is -1.15. The van der Waals surface area contributed by atoms with Crippen molar-refractivity contribution in [3.8, 4) is 11.1 Å². The van der Waals surface area contributed by atoms with Crippen LogP contribution in [0.1, 0.15) is 0 Å². The molecule has 0 heterocycles. The van der Waals surface area contributed by atoms with Gasteiger partial charge in [0.05, 0.1) is 0 Å². The maximum atomic E-state index is 13.3. The number of halogens is 2. The van der Waals surface area contributed by atoms with Crippen LogP contribution < -0.4 is 0 Å². The Morgan fingerprint density at radius 3 is 2.43 bits per heavy atom. The second kappa shape index (κ2) is 3.93. The summed E-state index contributed by atoms with van der Waals surface area (Å²) < 4.78 is 14.3. The van der Waals surface area contributed by atoms with Crippen molar-refractivity contribution in [3.05, 3.63) is 58.8 Å². The first kappa shape index (κ1) is 9.41. The first-order valence-corrected chi connectivity index (χ1v) is 4.98. The van der Waals surface area contributed by atoms with Crippen LogP contribution in [0.5, 0.6) is 0 Å². The summed E-state index contributed by atoms with van der Waals surface area (Å²) in [5.74, 6) is -0.241. The molecule has 0 aliphatic rings. The highest BCUT2D eigenvalue weighted by atomic mass is 79.9. The van der Waals surface area contributed by atoms with E-state index in [1.807, 2.05) is 24.3 Å². The lowest BCUT2D eigenvalue weighted by Gasteiger charge is -2.02. The van der Waals surface area contributed by atoms with E-state index in [0.717, 1.165) is 10.0 Å². The summed E-state index contributed by atoms with van der Waals surface area (Å²) in [6.45, 7) is 0. The van der Waals surface area contributed by atoms with Gasteiger partial charge in [0.1, 0.15) is 5.82 Å². The first-order chi connectivity index (χ1) is 6.77. The van der Waals surface area contributed by atoms with Crippen molar-refractivity contribution < 1.29 is 4.39 Å². The molecule has 0 unspecified atom stereocenters. The smallest absolute Gasteiger partial charge is 0.131 e. The van der Waals surface area contributed by atoms with Crippen molar-refractivity contribution in [1.82, 2.24) is 0 Å². The lowest BCUT2D eigenvalue weighted by Crippen LogP contribution is -1.82. The quantitative estimate of drug-likeness (QED) is 0.716. The van der Waals surface area contributed by atoms with Gasteiger partial charge in [0.2, 0.25) is 0 Å². The third kappa shape index (κ3) is 1.85. The lowest BCUT2D eigenvalue weighted by molar-refractivity contribution is 0.631. The molecule has 2 rings (SSSR count). The van der Waals surface area contributed by atoms with Crippen molar-refractivity contribution in [2.75, 3.05) is 0 Å². The molecule has 69 valence electrons. The molecule has 0 aromatic heterocycles. The first-order valence-electron chi connectivity index (χ1n) is 4.19. The third-order valence-electron chi connectivity index (χ3n) is 1.97. The molecule has 0 atom stereocenters. The van der Waals surface area contributed by atoms with Gasteiger partial charge in [-0.2, -0.15) is 0 Å². The second-order valence-corrected chi connectivity index (χ2v) is 3.83. The van der Waals surface area contributed by atoms with Crippen LogP contribution in [0.4, 0.5) is 4.39 Å². The molecule has 2 aromatic rings. The predicted molar refractivity (Wildman–Crippen MR) is 58.4 cm³/mol. The molecule has 0 N–H and O–H groups in total. The highest BCUT2D eigenvalue weighted by Gasteiger charge is 2.02. The van der Waals surface area contributed by atoms with Crippen molar-refractivity contribution in [1.29, 1.82) is 0 Å². The van der Waals surface area contributed by atoms with Crippen LogP contribution in [-0.4, -0.2) is 0 Å². The topological polar surface area (TPSA) is 0 Å². The molecule has 0 saturated carbocycles. The second-order valence-electron chi connectivity index (χ2n) is 2.91. The van der Waals surface area contributed by atoms with Gasteiger partial charge in [-0.05, 0) is 29.8 Å². The van der Waals surface area contributed by atoms with Gasteiger partial charge < -0.3 is 0 Å². The van der Waals surface area contributed by atoms with Gasteiger partial charge in [0, 0.05) is 10.0 Å². The summed E-state index contributed by atoms with van der Waals surface area (Å²) in [6.07, 6.45) is 0. The van der Waals surface area contributed by atoms with Crippen molar-refractivity contribution in [2.45, 2.75) is 0 Å². The van der Waals surface area contributed by atoms with E-state index in [4.69, 9.17) is 0 Å². The van der Waals surface area contributed by atoms with E-state index in [1.54, 1.807) is 12.1 Å². The molecule has 0 aliphatic heterocycles. The molecule has 0 amide bonds. The standard InChI is InChI=1S/C12H7BrF/c13-10-7-5-9(6-8-10)11-3-1-2-4-12(11)14/h1,3-8H. The zero-order valence-corrected chi connectivity index (χ0v) is 8.88. The Balaban J connectivity index is 2.50. The minimum atomic E-state index is -0.241. The van der Waals surface area contributed by atoms with Gasteiger partial charge in [-0.1, -0.05) is 40.2 Å². The summed E-state index contributed by atoms with van der Waals surface area (Å²) >= 11 is 3.34. The summed E-state index contributed by atoms with van der Waals surface area (Å²) in [5.41, 5.74) is 1.48. The number of hydrogen-bond donors (Lipinski definition) is 0. The predicted octanol–water partition coefficient (Wildman–Crippen LogP) is 4.06. The summed E-state index contributed by atoms with van der Waals surface area (Å²) in [5, 5.41) is 0. The molecule has 0 spiro atoms. The average Bonchev–Trinajstić information content (AvgIpc) is 2.20. The molecule has 1 radical (unpaired) electrons. The van der Waals surface area contributed by atoms with Crippen molar-refractivity contribution >= 4 is 15.9 Å². The van der Waals surface area contributed by atoms with Gasteiger partial charge in [-0.25, -0.2) is 4.39 Å². The Bertz CT molecular complexity index is 434. The maximum Gasteiger partial charge on any atom is 0.131 e. The molecule has 0 fully saturated rings. The zero-order chi connectivity index (χ0) is 9.97. The molecule has 0 saturated heterocycles. The molecule has 0 nitrogen and oxygen atoms in total. The summed E-state index contributed by atoms with van der Waals surface area (Å²) in [6, 6.07) is 15.0. The maximum absolute atomic E-state index is 13.3. The SMILES string of the molecule is Fc1c[c]ccc1-c1ccc(Br)cc1. The van der Waals surface area contributed by atoms with Crippen LogP contribution in [-0.2, 0) is 0 Å². The largest absolute Gasteiger partial charge is 0.206 e. The van der Waals surface area contributed by atoms with Crippen LogP contribution in [0.2, 0.25) is 0 Å². The van der Waals surface area contributed by atoms with Gasteiger partial charge >= 0.3 is 0 Å². The minimum Gasteiger partial charge on any atom is -0.206 e. The van der Waals surface area contributed by atoms with Crippen LogP contribution >= 0.6 is 15.9 Å². The molecule has 2 aromatic carbocycles. The average molecular weight is 250 g/mol. The van der Waals surface area contributed by atoms with Crippen LogP contribution in [0.15, 0.2) is 46.9 Å². The van der Waals surface area contributed by atoms with Crippen molar-refractivity contribution in [3.63, 3.8) is 0 Å². The lowest BCUT2D eigenvalue weighted by atomic mass is 10.1. The van der Waals surface area contributed by atoms with Gasteiger partial charge in [0.15, 0.2) is 0 Å². The summed E-state index contributed by atoms with van der Waals surface area (Å²) in [7, 11) is 0. The van der Waals surface area contributed by atoms with Gasteiger partial charge in [0.25, 0.3) is 0 Å². The van der Waals surface area contributed by atoms with E-state index in [1.165, 1.54) is 6.07 Å². The van der Waals surface area contributed by atoms with E-state index in [2.05, 4.69) is 22.0 Å². The molecule has 0 aliphatic carbocycles. The van der Waals surface area contributed by atoms with Crippen LogP contribution in [0, 0.1) is 11.9 Å². The van der Waals surface area contributed by atoms with E-state index in [-0.39, 0.29) is 5.82 Å². The zero-order valence-electron chi connectivity index (χ0n) is 7.30. The van der Waals surface area contributed by atoms with E-state index in [0.29, 0.717) is 5.56 Å². The minimum absolute atomic E-state index is 0.241. The molecule has 0 bridgehead atoms. The molecule has 2 heteroatoms. The highest BCUT2D eigenvalue weighted by molar-refractivity contribution is 9.10. The summed E-state index contributed by atoms with van der Waals surface area (Å²) in [4.78, 5) is 0. The Morgan fingerprint density at radius 2 is 1.79 bits per heavy atom. The van der Waals surface area contributed by atoms with Crippen LogP contribution in [0.25, 0.3) is 11.1 Å². The Kier molecular flexibility index (Phi) is 2.64. The molecular weight excluding hydrogens is 243 g/mol. The fourth-order valence-corrected chi connectivity index (χ4v) is 1.54. The van der Waals surface area contributed by atoms with Crippen LogP contribution in [0.3, 0.4) is 0 Å². The van der Waals surface area contributed by atoms with E-state index in [9.17, 15) is 4.39 Å². The van der Waals surface area contributed by atoms with E-state index >= 15 is 0 Å². The number of hydrogen-bond acceptors (Lipinski definition) is 0. The normalized spacial score (nSPS) is 10.1.